The van der Waals surface area contributed by atoms with Crippen LogP contribution < -0.4 is 15.4 Å². The van der Waals surface area contributed by atoms with Crippen molar-refractivity contribution in [2.75, 3.05) is 17.2 Å². The third-order valence-corrected chi connectivity index (χ3v) is 4.79. The molecule has 4 aromatic rings. The van der Waals surface area contributed by atoms with Crippen molar-refractivity contribution in [3.8, 4) is 11.4 Å². The molecule has 178 valence electrons. The molecule has 0 radical (unpaired) electrons. The number of hydrogen-bond donors (Lipinski definition) is 2. The first-order chi connectivity index (χ1) is 16.8. The number of alkyl halides is 3. The van der Waals surface area contributed by atoms with Crippen LogP contribution in [0, 0.1) is 0 Å². The number of amides is 2. The highest BCUT2D eigenvalue weighted by molar-refractivity contribution is 6.06. The van der Waals surface area contributed by atoms with Gasteiger partial charge in [-0.15, -0.1) is 0 Å². The number of halogens is 3. The zero-order valence-corrected chi connectivity index (χ0v) is 18.0. The van der Waals surface area contributed by atoms with Crippen LogP contribution in [0.15, 0.2) is 85.5 Å². The number of para-hydroxylation sites is 2. The molecule has 1 aromatic heterocycles. The smallest absolute Gasteiger partial charge is 0.416 e. The third-order valence-electron chi connectivity index (χ3n) is 4.79. The van der Waals surface area contributed by atoms with Gasteiger partial charge in [-0.1, -0.05) is 30.3 Å². The second-order valence-electron chi connectivity index (χ2n) is 7.22. The van der Waals surface area contributed by atoms with Crippen LogP contribution in [0.25, 0.3) is 5.69 Å². The van der Waals surface area contributed by atoms with Crippen molar-refractivity contribution in [3.05, 3.63) is 96.6 Å². The van der Waals surface area contributed by atoms with Gasteiger partial charge < -0.3 is 15.4 Å². The lowest BCUT2D eigenvalue weighted by atomic mass is 10.1. The summed E-state index contributed by atoms with van der Waals surface area (Å²) in [5.74, 6) is -1.04. The summed E-state index contributed by atoms with van der Waals surface area (Å²) in [6, 6.07) is 17.9. The number of rotatable bonds is 7. The number of carbonyl (C=O) groups is 2. The average Bonchev–Trinajstić information content (AvgIpc) is 3.38. The fourth-order valence-electron chi connectivity index (χ4n) is 3.17. The first-order valence-corrected chi connectivity index (χ1v) is 10.3. The number of hydrogen-bond acceptors (Lipinski definition) is 5. The third kappa shape index (κ3) is 5.82. The summed E-state index contributed by atoms with van der Waals surface area (Å²) in [6.07, 6.45) is -2.11. The van der Waals surface area contributed by atoms with E-state index in [9.17, 15) is 22.8 Å². The van der Waals surface area contributed by atoms with E-state index in [0.29, 0.717) is 5.69 Å². The van der Waals surface area contributed by atoms with Gasteiger partial charge in [0, 0.05) is 5.69 Å². The Morgan fingerprint density at radius 2 is 1.69 bits per heavy atom. The molecule has 0 unspecified atom stereocenters. The molecular formula is C24H18F3N5O3. The van der Waals surface area contributed by atoms with Gasteiger partial charge in [0.05, 0.1) is 22.5 Å². The topological polar surface area (TPSA) is 98.1 Å². The number of benzene rings is 3. The van der Waals surface area contributed by atoms with E-state index in [1.165, 1.54) is 35.5 Å². The van der Waals surface area contributed by atoms with Gasteiger partial charge in [-0.25, -0.2) is 9.67 Å². The molecule has 8 nitrogen and oxygen atoms in total. The van der Waals surface area contributed by atoms with Crippen LogP contribution in [-0.2, 0) is 11.0 Å². The summed E-state index contributed by atoms with van der Waals surface area (Å²) in [4.78, 5) is 29.0. The number of nitrogens with one attached hydrogen (secondary N) is 2. The van der Waals surface area contributed by atoms with Gasteiger partial charge >= 0.3 is 6.18 Å². The van der Waals surface area contributed by atoms with Gasteiger partial charge in [0.15, 0.2) is 6.61 Å². The Morgan fingerprint density at radius 3 is 2.40 bits per heavy atom. The average molecular weight is 481 g/mol. The lowest BCUT2D eigenvalue weighted by Gasteiger charge is -2.15. The summed E-state index contributed by atoms with van der Waals surface area (Å²) in [5.41, 5.74) is -0.122. The van der Waals surface area contributed by atoms with E-state index in [1.54, 1.807) is 36.4 Å². The van der Waals surface area contributed by atoms with Gasteiger partial charge in [-0.05, 0) is 42.5 Å². The summed E-state index contributed by atoms with van der Waals surface area (Å²) >= 11 is 0. The van der Waals surface area contributed by atoms with Gasteiger partial charge in [0.2, 0.25) is 0 Å². The Morgan fingerprint density at radius 1 is 0.943 bits per heavy atom. The largest absolute Gasteiger partial charge is 0.483 e. The van der Waals surface area contributed by atoms with E-state index in [0.717, 1.165) is 12.1 Å². The zero-order chi connectivity index (χ0) is 24.8. The Bertz CT molecular complexity index is 1330. The molecule has 0 aliphatic rings. The normalized spacial score (nSPS) is 11.1. The Balaban J connectivity index is 1.49. The Kier molecular flexibility index (Phi) is 6.76. The molecule has 0 fully saturated rings. The van der Waals surface area contributed by atoms with E-state index in [2.05, 4.69) is 20.7 Å². The minimum atomic E-state index is -4.61. The monoisotopic (exact) mass is 481 g/mol. The second kappa shape index (κ2) is 10.1. The molecule has 2 N–H and O–H groups in total. The molecule has 0 aliphatic heterocycles. The first-order valence-electron chi connectivity index (χ1n) is 10.3. The number of ether oxygens (including phenoxy) is 1. The Labute approximate surface area is 197 Å². The molecule has 1 heterocycles. The van der Waals surface area contributed by atoms with E-state index in [4.69, 9.17) is 4.74 Å². The molecule has 3 aromatic carbocycles. The van der Waals surface area contributed by atoms with E-state index in [1.807, 2.05) is 6.07 Å². The quantitative estimate of drug-likeness (QED) is 0.404. The predicted molar refractivity (Wildman–Crippen MR) is 121 cm³/mol. The molecule has 0 saturated carbocycles. The number of nitrogens with zero attached hydrogens (tertiary/aromatic N) is 3. The number of aromatic nitrogens is 3. The highest BCUT2D eigenvalue weighted by Gasteiger charge is 2.31. The minimum Gasteiger partial charge on any atom is -0.483 e. The fourth-order valence-corrected chi connectivity index (χ4v) is 3.17. The van der Waals surface area contributed by atoms with Gasteiger partial charge in [0.1, 0.15) is 18.4 Å². The zero-order valence-electron chi connectivity index (χ0n) is 18.0. The van der Waals surface area contributed by atoms with Crippen LogP contribution in [0.3, 0.4) is 0 Å². The summed E-state index contributed by atoms with van der Waals surface area (Å²) in [5, 5.41) is 9.05. The number of carbonyl (C=O) groups excluding carboxylic acids is 2. The fraction of sp³-hybridized carbons (Fsp3) is 0.0833. The van der Waals surface area contributed by atoms with Crippen molar-refractivity contribution in [2.24, 2.45) is 0 Å². The van der Waals surface area contributed by atoms with Crippen molar-refractivity contribution < 1.29 is 27.5 Å². The van der Waals surface area contributed by atoms with Gasteiger partial charge in [-0.2, -0.15) is 18.3 Å². The molecule has 0 atom stereocenters. The van der Waals surface area contributed by atoms with E-state index in [-0.39, 0.29) is 22.7 Å². The van der Waals surface area contributed by atoms with Gasteiger partial charge in [0.25, 0.3) is 11.8 Å². The van der Waals surface area contributed by atoms with Crippen molar-refractivity contribution in [2.45, 2.75) is 6.18 Å². The van der Waals surface area contributed by atoms with Crippen molar-refractivity contribution in [1.82, 2.24) is 14.8 Å². The molecule has 11 heteroatoms. The maximum absolute atomic E-state index is 13.2. The molecule has 4 rings (SSSR count). The van der Waals surface area contributed by atoms with Crippen LogP contribution in [-0.4, -0.2) is 33.2 Å². The molecule has 35 heavy (non-hydrogen) atoms. The second-order valence-corrected chi connectivity index (χ2v) is 7.22. The maximum atomic E-state index is 13.2. The van der Waals surface area contributed by atoms with Crippen molar-refractivity contribution in [1.29, 1.82) is 0 Å². The summed E-state index contributed by atoms with van der Waals surface area (Å²) in [7, 11) is 0. The lowest BCUT2D eigenvalue weighted by Crippen LogP contribution is -2.23. The lowest BCUT2D eigenvalue weighted by molar-refractivity contribution is -0.137. The first kappa shape index (κ1) is 23.5. The number of anilines is 2. The highest BCUT2D eigenvalue weighted by atomic mass is 19.4. The van der Waals surface area contributed by atoms with Gasteiger partial charge in [-0.3, -0.25) is 9.59 Å². The molecule has 0 saturated heterocycles. The van der Waals surface area contributed by atoms with Crippen LogP contribution in [0.4, 0.5) is 24.5 Å². The van der Waals surface area contributed by atoms with Crippen molar-refractivity contribution >= 4 is 23.2 Å². The van der Waals surface area contributed by atoms with Crippen LogP contribution in [0.1, 0.15) is 15.9 Å². The van der Waals surface area contributed by atoms with Crippen LogP contribution in [0.2, 0.25) is 0 Å². The molecular weight excluding hydrogens is 463 g/mol. The van der Waals surface area contributed by atoms with Crippen molar-refractivity contribution in [3.63, 3.8) is 0 Å². The van der Waals surface area contributed by atoms with E-state index >= 15 is 0 Å². The van der Waals surface area contributed by atoms with Crippen LogP contribution >= 0.6 is 0 Å². The highest BCUT2D eigenvalue weighted by Crippen LogP contribution is 2.33. The molecule has 0 aliphatic carbocycles. The molecule has 0 bridgehead atoms. The van der Waals surface area contributed by atoms with Crippen LogP contribution in [0.5, 0.6) is 5.75 Å². The summed E-state index contributed by atoms with van der Waals surface area (Å²) < 4.78 is 46.4. The standard InChI is InChI=1S/C24H18F3N5O3/c25-24(26,27)16-10-11-20(32-15-28-14-29-32)19(12-16)31-22(33)13-35-21-9-5-4-8-18(21)23(34)30-17-6-2-1-3-7-17/h1-12,14-15H,13H2,(H,30,34)(H,31,33). The molecule has 2 amide bonds. The minimum absolute atomic E-state index is 0.131. The summed E-state index contributed by atoms with van der Waals surface area (Å²) in [6.45, 7) is -0.553. The predicted octanol–water partition coefficient (Wildman–Crippen LogP) is 4.56. The SMILES string of the molecule is O=C(COc1ccccc1C(=O)Nc1ccccc1)Nc1cc(C(F)(F)F)ccc1-n1cncn1. The maximum Gasteiger partial charge on any atom is 0.416 e. The molecule has 0 spiro atoms. The van der Waals surface area contributed by atoms with E-state index < -0.39 is 30.2 Å². The Hall–Kier alpha value is -4.67.